The molecule has 2 unspecified atom stereocenters. The molecule has 1 aliphatic rings. The number of aliphatic hydroxyl groups is 1. The largest absolute Gasteiger partial charge is 0.495 e. The fourth-order valence-electron chi connectivity index (χ4n) is 2.52. The Balaban J connectivity index is 2.08. The highest BCUT2D eigenvalue weighted by Gasteiger charge is 2.39. The lowest BCUT2D eigenvalue weighted by Gasteiger charge is -2.29. The molecule has 1 aromatic rings. The topological polar surface area (TPSA) is 58.6 Å². The summed E-state index contributed by atoms with van der Waals surface area (Å²) in [6, 6.07) is 1.83. The molecule has 100 valence electrons. The Morgan fingerprint density at radius 3 is 3.17 bits per heavy atom. The third-order valence-corrected chi connectivity index (χ3v) is 4.70. The maximum atomic E-state index is 12.2. The van der Waals surface area contributed by atoms with E-state index in [0.29, 0.717) is 10.6 Å². The van der Waals surface area contributed by atoms with Gasteiger partial charge < -0.3 is 15.2 Å². The highest BCUT2D eigenvalue weighted by Crippen LogP contribution is 2.38. The van der Waals surface area contributed by atoms with E-state index in [2.05, 4.69) is 5.32 Å². The highest BCUT2D eigenvalue weighted by molar-refractivity contribution is 7.12. The normalized spacial score (nSPS) is 27.2. The molecule has 1 saturated carbocycles. The number of aliphatic hydroxyl groups excluding tert-OH is 1. The van der Waals surface area contributed by atoms with Gasteiger partial charge in [0.2, 0.25) is 0 Å². The minimum atomic E-state index is -0.194. The third-order valence-electron chi connectivity index (χ3n) is 3.80. The molecular formula is C13H19NO3S. The van der Waals surface area contributed by atoms with Crippen LogP contribution >= 0.6 is 11.3 Å². The summed E-state index contributed by atoms with van der Waals surface area (Å²) in [5.74, 6) is 0.509. The van der Waals surface area contributed by atoms with Gasteiger partial charge in [-0.1, -0.05) is 13.3 Å². The first-order valence-corrected chi connectivity index (χ1v) is 7.02. The van der Waals surface area contributed by atoms with Gasteiger partial charge in [-0.2, -0.15) is 0 Å². The Morgan fingerprint density at radius 1 is 1.72 bits per heavy atom. The van der Waals surface area contributed by atoms with Crippen molar-refractivity contribution < 1.29 is 14.6 Å². The van der Waals surface area contributed by atoms with Crippen molar-refractivity contribution in [1.29, 1.82) is 0 Å². The fourth-order valence-corrected chi connectivity index (χ4v) is 3.28. The number of thiophene rings is 1. The van der Waals surface area contributed by atoms with Crippen molar-refractivity contribution in [2.24, 2.45) is 5.41 Å². The Kier molecular flexibility index (Phi) is 3.92. The summed E-state index contributed by atoms with van der Waals surface area (Å²) in [4.78, 5) is 12.8. The van der Waals surface area contributed by atoms with Gasteiger partial charge in [-0.25, -0.2) is 0 Å². The molecule has 5 heteroatoms. The van der Waals surface area contributed by atoms with Crippen molar-refractivity contribution in [3.8, 4) is 5.75 Å². The predicted molar refractivity (Wildman–Crippen MR) is 71.2 cm³/mol. The van der Waals surface area contributed by atoms with Crippen molar-refractivity contribution in [1.82, 2.24) is 5.32 Å². The molecular weight excluding hydrogens is 250 g/mol. The second kappa shape index (κ2) is 5.28. The monoisotopic (exact) mass is 269 g/mol. The van der Waals surface area contributed by atoms with Crippen molar-refractivity contribution in [2.45, 2.75) is 32.2 Å². The number of methoxy groups -OCH3 is 1. The van der Waals surface area contributed by atoms with E-state index >= 15 is 0 Å². The fraction of sp³-hybridized carbons (Fsp3) is 0.615. The Bertz CT molecular complexity index is 432. The standard InChI is InChI=1S/C13H19NO3S/c1-13(8-15)6-3-4-10(13)14-12(16)11-9(17-2)5-7-18-11/h5,7,10,15H,3-4,6,8H2,1-2H3,(H,14,16). The van der Waals surface area contributed by atoms with Gasteiger partial charge in [0, 0.05) is 11.5 Å². The molecule has 1 heterocycles. The van der Waals surface area contributed by atoms with Gasteiger partial charge in [-0.3, -0.25) is 4.79 Å². The van der Waals surface area contributed by atoms with E-state index in [-0.39, 0.29) is 24.0 Å². The van der Waals surface area contributed by atoms with Crippen molar-refractivity contribution >= 4 is 17.2 Å². The number of amides is 1. The maximum Gasteiger partial charge on any atom is 0.265 e. The minimum Gasteiger partial charge on any atom is -0.495 e. The van der Waals surface area contributed by atoms with Crippen LogP contribution in [0.2, 0.25) is 0 Å². The van der Waals surface area contributed by atoms with Gasteiger partial charge in [0.15, 0.2) is 0 Å². The number of carbonyl (C=O) groups excluding carboxylic acids is 1. The second-order valence-corrected chi connectivity index (χ2v) is 5.96. The van der Waals surface area contributed by atoms with Crippen molar-refractivity contribution in [3.05, 3.63) is 16.3 Å². The Labute approximate surface area is 111 Å². The van der Waals surface area contributed by atoms with Crippen LogP contribution in [0.5, 0.6) is 5.75 Å². The molecule has 1 fully saturated rings. The molecule has 0 bridgehead atoms. The molecule has 2 atom stereocenters. The molecule has 0 radical (unpaired) electrons. The zero-order valence-electron chi connectivity index (χ0n) is 10.7. The van der Waals surface area contributed by atoms with Gasteiger partial charge >= 0.3 is 0 Å². The van der Waals surface area contributed by atoms with Gasteiger partial charge in [0.05, 0.1) is 13.7 Å². The Morgan fingerprint density at radius 2 is 2.50 bits per heavy atom. The lowest BCUT2D eigenvalue weighted by atomic mass is 9.86. The van der Waals surface area contributed by atoms with Crippen LogP contribution in [0.1, 0.15) is 35.9 Å². The lowest BCUT2D eigenvalue weighted by Crippen LogP contribution is -2.44. The molecule has 0 saturated heterocycles. The maximum absolute atomic E-state index is 12.2. The van der Waals surface area contributed by atoms with E-state index in [1.807, 2.05) is 12.3 Å². The average molecular weight is 269 g/mol. The molecule has 0 spiro atoms. The first-order valence-electron chi connectivity index (χ1n) is 6.14. The zero-order valence-corrected chi connectivity index (χ0v) is 11.5. The van der Waals surface area contributed by atoms with E-state index in [9.17, 15) is 9.90 Å². The average Bonchev–Trinajstić information content (AvgIpc) is 2.97. The molecule has 4 nitrogen and oxygen atoms in total. The molecule has 18 heavy (non-hydrogen) atoms. The molecule has 1 amide bonds. The SMILES string of the molecule is COc1ccsc1C(=O)NC1CCCC1(C)CO. The molecule has 2 rings (SSSR count). The Hall–Kier alpha value is -1.07. The molecule has 1 aliphatic carbocycles. The summed E-state index contributed by atoms with van der Waals surface area (Å²) in [5, 5.41) is 14.3. The first-order chi connectivity index (χ1) is 8.60. The summed E-state index contributed by atoms with van der Waals surface area (Å²) in [5.41, 5.74) is -0.194. The predicted octanol–water partition coefficient (Wildman–Crippen LogP) is 2.04. The van der Waals surface area contributed by atoms with Crippen molar-refractivity contribution in [2.75, 3.05) is 13.7 Å². The summed E-state index contributed by atoms with van der Waals surface area (Å²) in [7, 11) is 1.56. The lowest BCUT2D eigenvalue weighted by molar-refractivity contribution is 0.0832. The number of ether oxygens (including phenoxy) is 1. The van der Waals surface area contributed by atoms with Gasteiger partial charge in [0.1, 0.15) is 10.6 Å². The number of hydrogen-bond acceptors (Lipinski definition) is 4. The van der Waals surface area contributed by atoms with E-state index in [4.69, 9.17) is 4.74 Å². The van der Waals surface area contributed by atoms with Crippen LogP contribution in [0.25, 0.3) is 0 Å². The van der Waals surface area contributed by atoms with Crippen LogP contribution in [-0.4, -0.2) is 30.8 Å². The van der Waals surface area contributed by atoms with E-state index in [0.717, 1.165) is 19.3 Å². The van der Waals surface area contributed by atoms with Crippen molar-refractivity contribution in [3.63, 3.8) is 0 Å². The van der Waals surface area contributed by atoms with Crippen LogP contribution in [0.4, 0.5) is 0 Å². The number of rotatable bonds is 4. The molecule has 0 aromatic carbocycles. The summed E-state index contributed by atoms with van der Waals surface area (Å²) in [6.07, 6.45) is 2.93. The quantitative estimate of drug-likeness (QED) is 0.879. The molecule has 1 aromatic heterocycles. The van der Waals surface area contributed by atoms with Crippen LogP contribution in [-0.2, 0) is 0 Å². The van der Waals surface area contributed by atoms with Crippen LogP contribution < -0.4 is 10.1 Å². The zero-order chi connectivity index (χ0) is 13.2. The van der Waals surface area contributed by atoms with E-state index < -0.39 is 0 Å². The highest BCUT2D eigenvalue weighted by atomic mass is 32.1. The van der Waals surface area contributed by atoms with Crippen LogP contribution in [0.3, 0.4) is 0 Å². The van der Waals surface area contributed by atoms with Crippen LogP contribution in [0.15, 0.2) is 11.4 Å². The third kappa shape index (κ3) is 2.37. The van der Waals surface area contributed by atoms with Gasteiger partial charge in [-0.05, 0) is 24.3 Å². The smallest absolute Gasteiger partial charge is 0.265 e. The molecule has 0 aliphatic heterocycles. The summed E-state index contributed by atoms with van der Waals surface area (Å²) >= 11 is 1.37. The second-order valence-electron chi connectivity index (χ2n) is 5.05. The minimum absolute atomic E-state index is 0.0433. The summed E-state index contributed by atoms with van der Waals surface area (Å²) < 4.78 is 5.15. The van der Waals surface area contributed by atoms with E-state index in [1.54, 1.807) is 13.2 Å². The number of hydrogen-bond donors (Lipinski definition) is 2. The van der Waals surface area contributed by atoms with Gasteiger partial charge in [0.25, 0.3) is 5.91 Å². The summed E-state index contributed by atoms with van der Waals surface area (Å²) in [6.45, 7) is 2.14. The molecule has 2 N–H and O–H groups in total. The van der Waals surface area contributed by atoms with Crippen LogP contribution in [0, 0.1) is 5.41 Å². The van der Waals surface area contributed by atoms with E-state index in [1.165, 1.54) is 11.3 Å². The van der Waals surface area contributed by atoms with Gasteiger partial charge in [-0.15, -0.1) is 11.3 Å². The first kappa shape index (κ1) is 13.4. The number of carbonyl (C=O) groups is 1. The number of nitrogens with one attached hydrogen (secondary N) is 1.